The fourth-order valence-electron chi connectivity index (χ4n) is 2.59. The number of rotatable bonds is 3. The molecule has 5 nitrogen and oxygen atoms in total. The summed E-state index contributed by atoms with van der Waals surface area (Å²) in [5.74, 6) is -0.124. The summed E-state index contributed by atoms with van der Waals surface area (Å²) in [7, 11) is 0. The zero-order valence-electron chi connectivity index (χ0n) is 13.0. The number of anilines is 1. The number of nitrogens with zero attached hydrogens (tertiary/aromatic N) is 3. The topological polar surface area (TPSA) is 45.1 Å². The van der Waals surface area contributed by atoms with Gasteiger partial charge in [-0.15, -0.1) is 6.42 Å². The average molecular weight is 388 g/mol. The van der Waals surface area contributed by atoms with Crippen LogP contribution in [0.4, 0.5) is 23.2 Å². The van der Waals surface area contributed by atoms with Gasteiger partial charge in [-0.3, -0.25) is 9.79 Å². The molecule has 10 heteroatoms. The number of allylic oxidation sites excluding steroid dienone is 1. The molecule has 0 fully saturated rings. The molecule has 26 heavy (non-hydrogen) atoms. The van der Waals surface area contributed by atoms with E-state index in [0.717, 1.165) is 21.9 Å². The summed E-state index contributed by atoms with van der Waals surface area (Å²) in [6.45, 7) is -0.216. The molecule has 0 spiro atoms. The van der Waals surface area contributed by atoms with Crippen molar-refractivity contribution in [2.75, 3.05) is 24.6 Å². The third-order valence-corrected chi connectivity index (χ3v) is 3.93. The number of terminal acetylenes is 1. The van der Waals surface area contributed by atoms with Crippen molar-refractivity contribution in [3.8, 4) is 18.1 Å². The number of hydrogen-bond donors (Lipinski definition) is 0. The first kappa shape index (κ1) is 18.1. The normalized spacial score (nSPS) is 16.8. The van der Waals surface area contributed by atoms with Gasteiger partial charge in [-0.2, -0.15) is 13.2 Å². The van der Waals surface area contributed by atoms with Crippen molar-refractivity contribution in [3.63, 3.8) is 0 Å². The predicted octanol–water partition coefficient (Wildman–Crippen LogP) is 2.96. The molecule has 3 rings (SSSR count). The maximum atomic E-state index is 14.4. The van der Waals surface area contributed by atoms with Gasteiger partial charge in [-0.25, -0.2) is 9.29 Å². The maximum absolute atomic E-state index is 14.4. The number of halogens is 5. The first-order chi connectivity index (χ1) is 12.2. The number of ether oxygens (including phenoxy) is 1. The third kappa shape index (κ3) is 3.08. The second-order valence-electron chi connectivity index (χ2n) is 5.26. The number of benzene rings is 1. The van der Waals surface area contributed by atoms with Crippen LogP contribution in [0.5, 0.6) is 5.75 Å². The molecule has 0 aromatic heterocycles. The molecule has 1 aromatic rings. The van der Waals surface area contributed by atoms with Gasteiger partial charge in [0, 0.05) is 18.7 Å². The molecule has 1 amide bonds. The Hall–Kier alpha value is -2.73. The van der Waals surface area contributed by atoms with Crippen LogP contribution >= 0.6 is 11.6 Å². The number of amides is 1. The third-order valence-electron chi connectivity index (χ3n) is 3.63. The summed E-state index contributed by atoms with van der Waals surface area (Å²) in [5.41, 5.74) is -1.48. The van der Waals surface area contributed by atoms with Crippen molar-refractivity contribution in [2.24, 2.45) is 4.99 Å². The van der Waals surface area contributed by atoms with Crippen molar-refractivity contribution in [1.82, 2.24) is 4.90 Å². The minimum atomic E-state index is -4.74. The number of carbonyl (C=O) groups is 1. The van der Waals surface area contributed by atoms with Crippen LogP contribution in [-0.4, -0.2) is 42.6 Å². The lowest BCUT2D eigenvalue weighted by Gasteiger charge is -2.35. The van der Waals surface area contributed by atoms with Crippen LogP contribution in [0, 0.1) is 18.2 Å². The van der Waals surface area contributed by atoms with Crippen LogP contribution in [0.15, 0.2) is 28.9 Å². The Morgan fingerprint density at radius 3 is 2.77 bits per heavy atom. The molecule has 0 unspecified atom stereocenters. The molecule has 0 saturated heterocycles. The molecule has 1 aromatic carbocycles. The monoisotopic (exact) mass is 387 g/mol. The molecule has 136 valence electrons. The smallest absolute Gasteiger partial charge is 0.431 e. The predicted molar refractivity (Wildman–Crippen MR) is 86.4 cm³/mol. The summed E-state index contributed by atoms with van der Waals surface area (Å²) in [4.78, 5) is 17.8. The van der Waals surface area contributed by atoms with E-state index in [0.29, 0.717) is 6.08 Å². The number of guanidine groups is 1. The fraction of sp³-hybridized carbons (Fsp3) is 0.250. The van der Waals surface area contributed by atoms with Gasteiger partial charge >= 0.3 is 6.18 Å². The molecule has 0 saturated carbocycles. The number of fused-ring (bicyclic) bond motifs is 1. The Kier molecular flexibility index (Phi) is 4.54. The molecule has 0 radical (unpaired) electrons. The SMILES string of the molecule is C#CCOc1cc(N2C(=O)C=C(C(F)(F)F)N3CCN=C32)c(F)cc1Cl. The molecule has 2 aliphatic heterocycles. The highest BCUT2D eigenvalue weighted by Gasteiger charge is 2.47. The standard InChI is InChI=1S/C16H10ClF4N3O2/c1-2-5-26-12-7-11(10(18)6-9(12)17)24-14(25)8-13(16(19,20)21)23-4-3-22-15(23)24/h1,6-8H,3-5H2. The lowest BCUT2D eigenvalue weighted by Crippen LogP contribution is -2.51. The van der Waals surface area contributed by atoms with E-state index in [-0.39, 0.29) is 42.1 Å². The van der Waals surface area contributed by atoms with E-state index in [1.165, 1.54) is 0 Å². The van der Waals surface area contributed by atoms with E-state index >= 15 is 0 Å². The van der Waals surface area contributed by atoms with Gasteiger partial charge in [0.15, 0.2) is 0 Å². The van der Waals surface area contributed by atoms with E-state index in [1.54, 1.807) is 0 Å². The van der Waals surface area contributed by atoms with Gasteiger partial charge < -0.3 is 9.64 Å². The van der Waals surface area contributed by atoms with Gasteiger partial charge in [-0.05, 0) is 6.07 Å². The van der Waals surface area contributed by atoms with Gasteiger partial charge in [0.25, 0.3) is 5.91 Å². The number of hydrogen-bond acceptors (Lipinski definition) is 4. The van der Waals surface area contributed by atoms with Crippen LogP contribution < -0.4 is 9.64 Å². The highest BCUT2D eigenvalue weighted by molar-refractivity contribution is 6.32. The molecule has 0 N–H and O–H groups in total. The molecule has 0 aliphatic carbocycles. The van der Waals surface area contributed by atoms with Gasteiger partial charge in [0.1, 0.15) is 23.9 Å². The van der Waals surface area contributed by atoms with E-state index in [2.05, 4.69) is 10.9 Å². The Morgan fingerprint density at radius 1 is 1.38 bits per heavy atom. The number of alkyl halides is 3. The largest absolute Gasteiger partial charge is 0.479 e. The summed E-state index contributed by atoms with van der Waals surface area (Å²) in [6.07, 6.45) is 0.748. The van der Waals surface area contributed by atoms with Gasteiger partial charge in [0.2, 0.25) is 5.96 Å². The van der Waals surface area contributed by atoms with Crippen LogP contribution in [0.1, 0.15) is 0 Å². The van der Waals surface area contributed by atoms with Gasteiger partial charge in [-0.1, -0.05) is 17.5 Å². The zero-order valence-corrected chi connectivity index (χ0v) is 13.7. The summed E-state index contributed by atoms with van der Waals surface area (Å²) in [6, 6.07) is 1.98. The minimum Gasteiger partial charge on any atom is -0.479 e. The average Bonchev–Trinajstić information content (AvgIpc) is 3.02. The van der Waals surface area contributed by atoms with E-state index < -0.39 is 23.6 Å². The summed E-state index contributed by atoms with van der Waals surface area (Å²) < 4.78 is 59.0. The first-order valence-electron chi connectivity index (χ1n) is 7.24. The number of carbonyl (C=O) groups excluding carboxylic acids is 1. The van der Waals surface area contributed by atoms with Crippen LogP contribution in [0.25, 0.3) is 0 Å². The van der Waals surface area contributed by atoms with Gasteiger partial charge in [0.05, 0.1) is 17.3 Å². The Balaban J connectivity index is 2.09. The lowest BCUT2D eigenvalue weighted by atomic mass is 10.2. The fourth-order valence-corrected chi connectivity index (χ4v) is 2.80. The molecular weight excluding hydrogens is 378 g/mol. The quantitative estimate of drug-likeness (QED) is 0.592. The van der Waals surface area contributed by atoms with E-state index in [4.69, 9.17) is 22.8 Å². The highest BCUT2D eigenvalue weighted by atomic mass is 35.5. The van der Waals surface area contributed by atoms with E-state index in [9.17, 15) is 22.4 Å². The van der Waals surface area contributed by atoms with E-state index in [1.807, 2.05) is 0 Å². The first-order valence-corrected chi connectivity index (χ1v) is 7.62. The van der Waals surface area contributed by atoms with Crippen molar-refractivity contribution < 1.29 is 27.1 Å². The van der Waals surface area contributed by atoms with Crippen molar-refractivity contribution in [2.45, 2.75) is 6.18 Å². The van der Waals surface area contributed by atoms with Crippen molar-refractivity contribution in [3.05, 3.63) is 34.7 Å². The van der Waals surface area contributed by atoms with Crippen LogP contribution in [0.3, 0.4) is 0 Å². The molecule has 0 atom stereocenters. The Labute approximate surface area is 150 Å². The summed E-state index contributed by atoms with van der Waals surface area (Å²) in [5, 5.41) is -0.0947. The van der Waals surface area contributed by atoms with Crippen molar-refractivity contribution >= 4 is 29.2 Å². The molecule has 2 aliphatic rings. The molecule has 0 bridgehead atoms. The van der Waals surface area contributed by atoms with Crippen molar-refractivity contribution in [1.29, 1.82) is 0 Å². The van der Waals surface area contributed by atoms with Crippen LogP contribution in [-0.2, 0) is 4.79 Å². The van der Waals surface area contributed by atoms with Crippen LogP contribution in [0.2, 0.25) is 5.02 Å². The second kappa shape index (κ2) is 6.53. The maximum Gasteiger partial charge on any atom is 0.431 e. The number of aliphatic imine (C=N–C) groups is 1. The molecular formula is C16H10ClF4N3O2. The Morgan fingerprint density at radius 2 is 2.12 bits per heavy atom. The second-order valence-corrected chi connectivity index (χ2v) is 5.67. The zero-order chi connectivity index (χ0) is 19.1. The lowest BCUT2D eigenvalue weighted by molar-refractivity contribution is -0.119. The summed E-state index contributed by atoms with van der Waals surface area (Å²) >= 11 is 5.87. The Bertz CT molecular complexity index is 873. The minimum absolute atomic E-state index is 0.00967. The molecule has 2 heterocycles. The highest BCUT2D eigenvalue weighted by Crippen LogP contribution is 2.38.